The van der Waals surface area contributed by atoms with Crippen molar-refractivity contribution in [3.63, 3.8) is 0 Å². The van der Waals surface area contributed by atoms with Gasteiger partial charge in [0.2, 0.25) is 0 Å². The summed E-state index contributed by atoms with van der Waals surface area (Å²) in [5.41, 5.74) is 2.41. The Hall–Kier alpha value is -0.820. The molecule has 0 aliphatic heterocycles. The van der Waals surface area contributed by atoms with Crippen LogP contribution < -0.4 is 0 Å². The van der Waals surface area contributed by atoms with Gasteiger partial charge in [-0.1, -0.05) is 85.1 Å². The second-order valence-corrected chi connectivity index (χ2v) is 9.12. The molecule has 0 saturated heterocycles. The monoisotopic (exact) mass is 362 g/mol. The quantitative estimate of drug-likeness (QED) is 0.296. The first-order valence-corrected chi connectivity index (χ1v) is 10.8. The molecule has 0 saturated carbocycles. The van der Waals surface area contributed by atoms with Crippen LogP contribution in [0.15, 0.2) is 36.5 Å². The molecule has 1 N–H and O–H groups in total. The molecule has 26 heavy (non-hydrogen) atoms. The molecule has 0 aliphatic rings. The van der Waals surface area contributed by atoms with E-state index in [9.17, 15) is 5.11 Å². The van der Waals surface area contributed by atoms with Gasteiger partial charge < -0.3 is 5.11 Å². The van der Waals surface area contributed by atoms with Crippen molar-refractivity contribution < 1.29 is 5.11 Å². The lowest BCUT2D eigenvalue weighted by molar-refractivity contribution is 0.202. The van der Waals surface area contributed by atoms with E-state index in [1.165, 1.54) is 31.3 Å². The Balaban J connectivity index is 4.76. The summed E-state index contributed by atoms with van der Waals surface area (Å²) in [7, 11) is 0. The molecule has 0 fully saturated rings. The van der Waals surface area contributed by atoms with Crippen LogP contribution in [0.4, 0.5) is 0 Å². The molecule has 0 aromatic rings. The van der Waals surface area contributed by atoms with Gasteiger partial charge in [-0.15, -0.1) is 6.58 Å². The molecule has 0 bridgehead atoms. The smallest absolute Gasteiger partial charge is 0.0784 e. The lowest BCUT2D eigenvalue weighted by Gasteiger charge is -2.22. The first-order valence-electron chi connectivity index (χ1n) is 10.8. The second-order valence-electron chi connectivity index (χ2n) is 9.12. The van der Waals surface area contributed by atoms with Crippen LogP contribution in [0.5, 0.6) is 0 Å². The SMILES string of the molecule is C=CC(C)C/C=C(\CC(O)C(=C)CCCC(C)C)C(C)CCCC(C)C. The summed E-state index contributed by atoms with van der Waals surface area (Å²) in [5.74, 6) is 2.50. The Labute approximate surface area is 164 Å². The highest BCUT2D eigenvalue weighted by Crippen LogP contribution is 2.27. The minimum absolute atomic E-state index is 0.403. The predicted octanol–water partition coefficient (Wildman–Crippen LogP) is 7.72. The fourth-order valence-electron chi connectivity index (χ4n) is 3.21. The van der Waals surface area contributed by atoms with Crippen molar-refractivity contribution in [2.75, 3.05) is 0 Å². The third kappa shape index (κ3) is 12.5. The molecule has 0 aliphatic carbocycles. The zero-order valence-electron chi connectivity index (χ0n) is 18.6. The van der Waals surface area contributed by atoms with Gasteiger partial charge in [-0.05, 0) is 61.3 Å². The fourth-order valence-corrected chi connectivity index (χ4v) is 3.21. The highest BCUT2D eigenvalue weighted by atomic mass is 16.3. The van der Waals surface area contributed by atoms with Gasteiger partial charge in [0.15, 0.2) is 0 Å². The van der Waals surface area contributed by atoms with Crippen molar-refractivity contribution in [3.05, 3.63) is 36.5 Å². The molecule has 1 heteroatoms. The molecule has 3 atom stereocenters. The highest BCUT2D eigenvalue weighted by molar-refractivity contribution is 5.14. The summed E-state index contributed by atoms with van der Waals surface area (Å²) in [6.07, 6.45) is 12.8. The van der Waals surface area contributed by atoms with E-state index in [0.717, 1.165) is 43.1 Å². The van der Waals surface area contributed by atoms with Crippen molar-refractivity contribution in [2.24, 2.45) is 23.7 Å². The van der Waals surface area contributed by atoms with E-state index in [1.54, 1.807) is 0 Å². The van der Waals surface area contributed by atoms with E-state index in [0.29, 0.717) is 11.8 Å². The summed E-state index contributed by atoms with van der Waals surface area (Å²) in [5, 5.41) is 10.7. The molecule has 0 heterocycles. The molecule has 0 aromatic heterocycles. The Bertz CT molecular complexity index is 416. The van der Waals surface area contributed by atoms with E-state index >= 15 is 0 Å². The molecule has 1 nitrogen and oxygen atoms in total. The van der Waals surface area contributed by atoms with Gasteiger partial charge in [0.25, 0.3) is 0 Å². The number of aliphatic hydroxyl groups is 1. The van der Waals surface area contributed by atoms with Crippen LogP contribution in [0.1, 0.15) is 92.9 Å². The van der Waals surface area contributed by atoms with Gasteiger partial charge in [-0.3, -0.25) is 0 Å². The van der Waals surface area contributed by atoms with E-state index in [1.807, 2.05) is 6.08 Å². The molecule has 0 amide bonds. The standard InChI is InChI=1S/C25H46O/c1-9-21(6)16-17-24(22(7)14-10-12-19(2)3)18-25(26)23(8)15-11-13-20(4)5/h9,17,19-22,25-26H,1,8,10-16,18H2,2-7H3/b24-17+. The zero-order chi connectivity index (χ0) is 20.1. The Morgan fingerprint density at radius 3 is 2.04 bits per heavy atom. The number of hydrogen-bond donors (Lipinski definition) is 1. The van der Waals surface area contributed by atoms with E-state index in [-0.39, 0.29) is 0 Å². The summed E-state index contributed by atoms with van der Waals surface area (Å²) in [6.45, 7) is 21.7. The molecular formula is C25H46O. The van der Waals surface area contributed by atoms with Crippen LogP contribution in [0.3, 0.4) is 0 Å². The first-order chi connectivity index (χ1) is 12.2. The van der Waals surface area contributed by atoms with E-state index < -0.39 is 6.10 Å². The summed E-state index contributed by atoms with van der Waals surface area (Å²) in [6, 6.07) is 0. The van der Waals surface area contributed by atoms with Crippen LogP contribution in [-0.2, 0) is 0 Å². The molecule has 0 aromatic carbocycles. The summed E-state index contributed by atoms with van der Waals surface area (Å²) < 4.78 is 0. The van der Waals surface area contributed by atoms with Gasteiger partial charge >= 0.3 is 0 Å². The van der Waals surface area contributed by atoms with Crippen LogP contribution in [0.25, 0.3) is 0 Å². The molecule has 152 valence electrons. The Morgan fingerprint density at radius 2 is 1.50 bits per heavy atom. The van der Waals surface area contributed by atoms with E-state index in [2.05, 4.69) is 60.8 Å². The minimum atomic E-state index is -0.403. The van der Waals surface area contributed by atoms with Crippen LogP contribution >= 0.6 is 0 Å². The maximum absolute atomic E-state index is 10.7. The molecular weight excluding hydrogens is 316 g/mol. The number of aliphatic hydroxyl groups excluding tert-OH is 1. The Kier molecular flexibility index (Phi) is 13.8. The average Bonchev–Trinajstić information content (AvgIpc) is 2.56. The topological polar surface area (TPSA) is 20.2 Å². The lowest BCUT2D eigenvalue weighted by Crippen LogP contribution is -2.14. The van der Waals surface area contributed by atoms with Crippen LogP contribution in [0.2, 0.25) is 0 Å². The molecule has 0 radical (unpaired) electrons. The van der Waals surface area contributed by atoms with Gasteiger partial charge in [-0.2, -0.15) is 0 Å². The van der Waals surface area contributed by atoms with Crippen molar-refractivity contribution in [1.82, 2.24) is 0 Å². The fraction of sp³-hybridized carbons (Fsp3) is 0.760. The van der Waals surface area contributed by atoms with E-state index in [4.69, 9.17) is 0 Å². The highest BCUT2D eigenvalue weighted by Gasteiger charge is 2.16. The van der Waals surface area contributed by atoms with Crippen molar-refractivity contribution in [1.29, 1.82) is 0 Å². The van der Waals surface area contributed by atoms with Crippen molar-refractivity contribution in [2.45, 2.75) is 99.0 Å². The minimum Gasteiger partial charge on any atom is -0.388 e. The predicted molar refractivity (Wildman–Crippen MR) is 118 cm³/mol. The second kappa shape index (κ2) is 14.3. The van der Waals surface area contributed by atoms with Gasteiger partial charge in [-0.25, -0.2) is 0 Å². The first kappa shape index (κ1) is 25.2. The number of allylic oxidation sites excluding steroid dienone is 2. The van der Waals surface area contributed by atoms with Crippen molar-refractivity contribution >= 4 is 0 Å². The largest absolute Gasteiger partial charge is 0.388 e. The Morgan fingerprint density at radius 1 is 0.923 bits per heavy atom. The number of rotatable bonds is 15. The molecule has 0 spiro atoms. The zero-order valence-corrected chi connectivity index (χ0v) is 18.6. The van der Waals surface area contributed by atoms with Gasteiger partial charge in [0, 0.05) is 0 Å². The van der Waals surface area contributed by atoms with Crippen molar-refractivity contribution in [3.8, 4) is 0 Å². The third-order valence-corrected chi connectivity index (χ3v) is 5.39. The third-order valence-electron chi connectivity index (χ3n) is 5.39. The summed E-state index contributed by atoms with van der Waals surface area (Å²) >= 11 is 0. The maximum Gasteiger partial charge on any atom is 0.0784 e. The molecule has 0 rings (SSSR count). The maximum atomic E-state index is 10.7. The van der Waals surface area contributed by atoms with Crippen LogP contribution in [0, 0.1) is 23.7 Å². The van der Waals surface area contributed by atoms with Crippen LogP contribution in [-0.4, -0.2) is 11.2 Å². The average molecular weight is 363 g/mol. The molecule has 3 unspecified atom stereocenters. The van der Waals surface area contributed by atoms with Gasteiger partial charge in [0.1, 0.15) is 0 Å². The number of hydrogen-bond acceptors (Lipinski definition) is 1. The normalized spacial score (nSPS) is 16.0. The van der Waals surface area contributed by atoms with Gasteiger partial charge in [0.05, 0.1) is 6.10 Å². The lowest BCUT2D eigenvalue weighted by atomic mass is 9.86. The summed E-state index contributed by atoms with van der Waals surface area (Å²) in [4.78, 5) is 0.